The molecule has 114 valence electrons. The number of anilines is 1. The van der Waals surface area contributed by atoms with Crippen LogP contribution in [-0.2, 0) is 9.53 Å². The lowest BCUT2D eigenvalue weighted by molar-refractivity contribution is -0.117. The molecule has 0 radical (unpaired) electrons. The quantitative estimate of drug-likeness (QED) is 0.679. The van der Waals surface area contributed by atoms with Gasteiger partial charge >= 0.3 is 7.40 Å². The minimum atomic E-state index is -0.428. The molecule has 0 bridgehead atoms. The SMILES string of the molecule is CCCNC(C)C(=O)Nc1c(C)csc1C(=O)OC.[Cl-].[H+]. The number of methoxy groups -OCH3 is 1. The van der Waals surface area contributed by atoms with Gasteiger partial charge in [0.05, 0.1) is 18.8 Å². The fourth-order valence-corrected chi connectivity index (χ4v) is 2.45. The van der Waals surface area contributed by atoms with Gasteiger partial charge in [-0.3, -0.25) is 4.79 Å². The van der Waals surface area contributed by atoms with Crippen molar-refractivity contribution in [1.29, 1.82) is 0 Å². The Kier molecular flexibility index (Phi) is 8.45. The lowest BCUT2D eigenvalue weighted by atomic mass is 10.2. The maximum atomic E-state index is 12.0. The third kappa shape index (κ3) is 4.77. The van der Waals surface area contributed by atoms with Crippen LogP contribution in [0.25, 0.3) is 0 Å². The van der Waals surface area contributed by atoms with Crippen LogP contribution >= 0.6 is 11.3 Å². The van der Waals surface area contributed by atoms with E-state index in [1.165, 1.54) is 18.4 Å². The topological polar surface area (TPSA) is 67.4 Å². The monoisotopic (exact) mass is 320 g/mol. The molecule has 0 aliphatic heterocycles. The Hall–Kier alpha value is -1.11. The highest BCUT2D eigenvalue weighted by Crippen LogP contribution is 2.28. The minimum absolute atomic E-state index is 0. The van der Waals surface area contributed by atoms with Crippen LogP contribution in [-0.4, -0.2) is 31.6 Å². The van der Waals surface area contributed by atoms with Crippen molar-refractivity contribution in [3.05, 3.63) is 15.8 Å². The van der Waals surface area contributed by atoms with Gasteiger partial charge in [0, 0.05) is 0 Å². The van der Waals surface area contributed by atoms with Gasteiger partial charge in [-0.25, -0.2) is 4.79 Å². The molecule has 0 aromatic carbocycles. The average Bonchev–Trinajstić information content (AvgIpc) is 2.76. The molecule has 0 aliphatic rings. The van der Waals surface area contributed by atoms with E-state index in [0.29, 0.717) is 10.6 Å². The zero-order valence-corrected chi connectivity index (χ0v) is 13.7. The summed E-state index contributed by atoms with van der Waals surface area (Å²) in [4.78, 5) is 24.0. The van der Waals surface area contributed by atoms with Gasteiger partial charge in [-0.05, 0) is 37.8 Å². The lowest BCUT2D eigenvalue weighted by Gasteiger charge is -2.14. The van der Waals surface area contributed by atoms with Gasteiger partial charge in [0.1, 0.15) is 4.88 Å². The average molecular weight is 321 g/mol. The highest BCUT2D eigenvalue weighted by atomic mass is 35.5. The first-order chi connectivity index (χ1) is 9.01. The van der Waals surface area contributed by atoms with Gasteiger partial charge in [0.15, 0.2) is 0 Å². The van der Waals surface area contributed by atoms with Gasteiger partial charge in [-0.2, -0.15) is 0 Å². The fraction of sp³-hybridized carbons (Fsp3) is 0.538. The summed E-state index contributed by atoms with van der Waals surface area (Å²) < 4.78 is 4.70. The van der Waals surface area contributed by atoms with E-state index in [-0.39, 0.29) is 25.8 Å². The van der Waals surface area contributed by atoms with Crippen molar-refractivity contribution in [1.82, 2.24) is 5.32 Å². The summed E-state index contributed by atoms with van der Waals surface area (Å²) in [5.74, 6) is -0.581. The molecule has 1 heterocycles. The molecule has 1 amide bonds. The second-order valence-corrected chi connectivity index (χ2v) is 5.16. The van der Waals surface area contributed by atoms with Crippen LogP contribution in [0.2, 0.25) is 0 Å². The molecule has 1 rings (SSSR count). The van der Waals surface area contributed by atoms with Crippen LogP contribution in [0.3, 0.4) is 0 Å². The molecular formula is C13H21ClN2O3S. The van der Waals surface area contributed by atoms with Crippen molar-refractivity contribution >= 4 is 28.9 Å². The third-order valence-electron chi connectivity index (χ3n) is 2.69. The largest absolute Gasteiger partial charge is 1.00 e. The number of carbonyl (C=O) groups excluding carboxylic acids is 2. The maximum absolute atomic E-state index is 12.0. The van der Waals surface area contributed by atoms with E-state index in [4.69, 9.17) is 4.74 Å². The summed E-state index contributed by atoms with van der Waals surface area (Å²) in [7, 11) is 1.33. The number of hydrogen-bond donors (Lipinski definition) is 2. The predicted molar refractivity (Wildman–Crippen MR) is 77.9 cm³/mol. The smallest absolute Gasteiger partial charge is 1.00 e. The fourth-order valence-electron chi connectivity index (χ4n) is 1.53. The van der Waals surface area contributed by atoms with Gasteiger partial charge in [-0.15, -0.1) is 11.3 Å². The number of halogens is 1. The number of thiophene rings is 1. The molecule has 1 atom stereocenters. The summed E-state index contributed by atoms with van der Waals surface area (Å²) in [6.07, 6.45) is 0.961. The van der Waals surface area contributed by atoms with Gasteiger partial charge in [0.25, 0.3) is 0 Å². The summed E-state index contributed by atoms with van der Waals surface area (Å²) in [6, 6.07) is -0.301. The molecule has 20 heavy (non-hydrogen) atoms. The predicted octanol–water partition coefficient (Wildman–Crippen LogP) is -0.714. The van der Waals surface area contributed by atoms with Crippen LogP contribution < -0.4 is 23.0 Å². The Bertz CT molecular complexity index is 468. The highest BCUT2D eigenvalue weighted by Gasteiger charge is 2.20. The maximum Gasteiger partial charge on any atom is 1.00 e. The molecule has 1 aromatic rings. The molecule has 0 spiro atoms. The van der Waals surface area contributed by atoms with Crippen molar-refractivity contribution in [2.24, 2.45) is 0 Å². The van der Waals surface area contributed by atoms with Crippen LogP contribution in [0.4, 0.5) is 5.69 Å². The lowest BCUT2D eigenvalue weighted by Crippen LogP contribution is -3.00. The van der Waals surface area contributed by atoms with E-state index in [2.05, 4.69) is 10.6 Å². The molecule has 0 aliphatic carbocycles. The molecule has 1 aromatic heterocycles. The Morgan fingerprint density at radius 3 is 2.70 bits per heavy atom. The highest BCUT2D eigenvalue weighted by molar-refractivity contribution is 7.12. The molecular weight excluding hydrogens is 300 g/mol. The van der Waals surface area contributed by atoms with Crippen molar-refractivity contribution < 1.29 is 28.2 Å². The van der Waals surface area contributed by atoms with Crippen LogP contribution in [0.1, 0.15) is 36.9 Å². The first kappa shape index (κ1) is 18.9. The molecule has 0 saturated heterocycles. The Labute approximate surface area is 131 Å². The summed E-state index contributed by atoms with van der Waals surface area (Å²) in [5.41, 5.74) is 1.41. The van der Waals surface area contributed by atoms with Crippen molar-refractivity contribution in [2.45, 2.75) is 33.2 Å². The second-order valence-electron chi connectivity index (χ2n) is 4.28. The van der Waals surface area contributed by atoms with E-state index in [1.54, 1.807) is 6.92 Å². The first-order valence-electron chi connectivity index (χ1n) is 6.21. The second kappa shape index (κ2) is 8.94. The normalized spacial score (nSPS) is 11.4. The zero-order valence-electron chi connectivity index (χ0n) is 13.1. The number of aryl methyl sites for hydroxylation is 1. The number of amides is 1. The molecule has 0 fully saturated rings. The molecule has 0 saturated carbocycles. The van der Waals surface area contributed by atoms with Gasteiger partial charge in [0.2, 0.25) is 5.91 Å². The number of rotatable bonds is 6. The van der Waals surface area contributed by atoms with E-state index >= 15 is 0 Å². The van der Waals surface area contributed by atoms with Crippen molar-refractivity contribution in [3.63, 3.8) is 0 Å². The summed E-state index contributed by atoms with van der Waals surface area (Å²) >= 11 is 1.27. The molecule has 1 unspecified atom stereocenters. The number of nitrogens with one attached hydrogen (secondary N) is 2. The number of hydrogen-bond acceptors (Lipinski definition) is 5. The van der Waals surface area contributed by atoms with E-state index in [1.807, 2.05) is 19.2 Å². The molecule has 5 nitrogen and oxygen atoms in total. The third-order valence-corrected chi connectivity index (χ3v) is 3.77. The van der Waals surface area contributed by atoms with Crippen molar-refractivity contribution in [3.8, 4) is 0 Å². The van der Waals surface area contributed by atoms with Crippen LogP contribution in [0.5, 0.6) is 0 Å². The van der Waals surface area contributed by atoms with E-state index in [9.17, 15) is 9.59 Å². The van der Waals surface area contributed by atoms with Crippen LogP contribution in [0, 0.1) is 6.92 Å². The number of carbonyl (C=O) groups is 2. The van der Waals surface area contributed by atoms with Gasteiger partial charge in [-0.1, -0.05) is 6.92 Å². The Morgan fingerprint density at radius 2 is 2.15 bits per heavy atom. The Morgan fingerprint density at radius 1 is 1.50 bits per heavy atom. The number of esters is 1. The van der Waals surface area contributed by atoms with Crippen LogP contribution in [0.15, 0.2) is 5.38 Å². The molecule has 2 N–H and O–H groups in total. The zero-order chi connectivity index (χ0) is 14.4. The standard InChI is InChI=1S/C13H20N2O3S.ClH/c1-5-6-14-9(3)12(16)15-10-8(2)7-19-11(10)13(17)18-4;/h7,9,14H,5-6H2,1-4H3,(H,15,16);1H. The van der Waals surface area contributed by atoms with E-state index < -0.39 is 5.97 Å². The van der Waals surface area contributed by atoms with E-state index in [0.717, 1.165) is 18.5 Å². The summed E-state index contributed by atoms with van der Waals surface area (Å²) in [5, 5.41) is 7.72. The summed E-state index contributed by atoms with van der Waals surface area (Å²) in [6.45, 7) is 6.46. The minimum Gasteiger partial charge on any atom is -1.00 e. The molecule has 7 heteroatoms. The Balaban J connectivity index is 0. The van der Waals surface area contributed by atoms with Gasteiger partial charge < -0.3 is 27.8 Å². The first-order valence-corrected chi connectivity index (χ1v) is 7.09. The number of ether oxygens (including phenoxy) is 1. The van der Waals surface area contributed by atoms with Crippen molar-refractivity contribution in [2.75, 3.05) is 19.0 Å².